The van der Waals surface area contributed by atoms with Gasteiger partial charge in [0.2, 0.25) is 0 Å². The van der Waals surface area contributed by atoms with Gasteiger partial charge in [-0.1, -0.05) is 0 Å². The third kappa shape index (κ3) is 7.20. The van der Waals surface area contributed by atoms with Gasteiger partial charge in [-0.25, -0.2) is 0 Å². The molecule has 0 saturated carbocycles. The second-order valence-corrected chi connectivity index (χ2v) is 3.64. The van der Waals surface area contributed by atoms with Crippen molar-refractivity contribution in [2.24, 2.45) is 5.73 Å². The summed E-state index contributed by atoms with van der Waals surface area (Å²) in [7, 11) is -3.94. The number of hydrogen-bond donors (Lipinski definition) is 3. The SMILES string of the molecule is CC(NCCN)S(=O)(=O)O.[Na]. The summed E-state index contributed by atoms with van der Waals surface area (Å²) in [4.78, 5) is 0. The van der Waals surface area contributed by atoms with Crippen LogP contribution in [0.15, 0.2) is 0 Å². The van der Waals surface area contributed by atoms with Crippen LogP contribution in [-0.4, -0.2) is 61.0 Å². The van der Waals surface area contributed by atoms with Crippen LogP contribution in [0.5, 0.6) is 0 Å². The van der Waals surface area contributed by atoms with E-state index in [1.165, 1.54) is 6.92 Å². The van der Waals surface area contributed by atoms with E-state index in [4.69, 9.17) is 10.3 Å². The van der Waals surface area contributed by atoms with Crippen molar-refractivity contribution in [2.45, 2.75) is 12.3 Å². The minimum Gasteiger partial charge on any atom is -0.329 e. The number of nitrogens with one attached hydrogen (secondary N) is 1. The fraction of sp³-hybridized carbons (Fsp3) is 1.00. The van der Waals surface area contributed by atoms with Crippen LogP contribution in [0.3, 0.4) is 0 Å². The zero-order valence-corrected chi connectivity index (χ0v) is 9.56. The summed E-state index contributed by atoms with van der Waals surface area (Å²) in [5.41, 5.74) is 5.08. The maximum atomic E-state index is 10.3. The summed E-state index contributed by atoms with van der Waals surface area (Å²) in [6.45, 7) is 2.08. The maximum Gasteiger partial charge on any atom is 0.280 e. The van der Waals surface area contributed by atoms with Crippen molar-refractivity contribution in [1.82, 2.24) is 5.32 Å². The topological polar surface area (TPSA) is 92.4 Å². The smallest absolute Gasteiger partial charge is 0.280 e. The van der Waals surface area contributed by atoms with Gasteiger partial charge in [0.1, 0.15) is 5.37 Å². The summed E-state index contributed by atoms with van der Waals surface area (Å²) in [6.07, 6.45) is 0. The summed E-state index contributed by atoms with van der Waals surface area (Å²) in [5.74, 6) is 0. The molecule has 0 aliphatic heterocycles. The molecule has 7 heteroatoms. The molecule has 0 aromatic carbocycles. The molecule has 0 saturated heterocycles. The quantitative estimate of drug-likeness (QED) is 0.367. The third-order valence-corrected chi connectivity index (χ3v) is 2.08. The average molecular weight is 191 g/mol. The van der Waals surface area contributed by atoms with Gasteiger partial charge in [-0.15, -0.1) is 0 Å². The first-order valence-electron chi connectivity index (χ1n) is 2.88. The molecule has 4 N–H and O–H groups in total. The Hall–Kier alpha value is 0.830. The van der Waals surface area contributed by atoms with Gasteiger partial charge in [0.15, 0.2) is 0 Å². The van der Waals surface area contributed by atoms with Gasteiger partial charge in [-0.05, 0) is 6.92 Å². The molecule has 0 amide bonds. The first-order chi connectivity index (χ1) is 4.48. The standard InChI is InChI=1S/C4H12N2O3S.Na/c1-4(6-3-2-5)10(7,8)9;/h4,6H,2-3,5H2,1H3,(H,7,8,9);. The van der Waals surface area contributed by atoms with Gasteiger partial charge < -0.3 is 5.73 Å². The fourth-order valence-electron chi connectivity index (χ4n) is 0.392. The minimum atomic E-state index is -3.94. The van der Waals surface area contributed by atoms with E-state index in [9.17, 15) is 8.42 Å². The molecule has 63 valence electrons. The fourth-order valence-corrected chi connectivity index (χ4v) is 0.720. The van der Waals surface area contributed by atoms with E-state index in [0.29, 0.717) is 13.1 Å². The Bertz CT molecular complexity index is 182. The van der Waals surface area contributed by atoms with E-state index in [0.717, 1.165) is 0 Å². The molecule has 0 rings (SSSR count). The predicted octanol–water partition coefficient (Wildman–Crippen LogP) is -1.61. The molecular weight excluding hydrogens is 179 g/mol. The van der Waals surface area contributed by atoms with Crippen molar-refractivity contribution in [1.29, 1.82) is 0 Å². The van der Waals surface area contributed by atoms with Crippen LogP contribution in [0.4, 0.5) is 0 Å². The van der Waals surface area contributed by atoms with Crippen molar-refractivity contribution < 1.29 is 13.0 Å². The molecule has 1 atom stereocenters. The van der Waals surface area contributed by atoms with Crippen LogP contribution in [0, 0.1) is 0 Å². The molecule has 1 unspecified atom stereocenters. The molecule has 11 heavy (non-hydrogen) atoms. The molecule has 0 heterocycles. The molecule has 0 aliphatic rings. The molecule has 0 aromatic heterocycles. The van der Waals surface area contributed by atoms with Crippen molar-refractivity contribution in [3.05, 3.63) is 0 Å². The average Bonchev–Trinajstić information content (AvgIpc) is 1.80. The molecule has 0 fully saturated rings. The predicted molar refractivity (Wildman–Crippen MR) is 43.8 cm³/mol. The van der Waals surface area contributed by atoms with Crippen LogP contribution < -0.4 is 11.1 Å². The number of hydrogen-bond acceptors (Lipinski definition) is 4. The summed E-state index contributed by atoms with van der Waals surface area (Å²) < 4.78 is 29.0. The first-order valence-corrected chi connectivity index (χ1v) is 4.38. The molecule has 0 bridgehead atoms. The van der Waals surface area contributed by atoms with E-state index in [1.807, 2.05) is 0 Å². The van der Waals surface area contributed by atoms with E-state index >= 15 is 0 Å². The second-order valence-electron chi connectivity index (χ2n) is 1.90. The van der Waals surface area contributed by atoms with Crippen LogP contribution in [0.25, 0.3) is 0 Å². The molecule has 0 spiro atoms. The van der Waals surface area contributed by atoms with Crippen LogP contribution in [0.2, 0.25) is 0 Å². The van der Waals surface area contributed by atoms with Gasteiger partial charge in [0.25, 0.3) is 10.1 Å². The van der Waals surface area contributed by atoms with Crippen LogP contribution >= 0.6 is 0 Å². The second kappa shape index (κ2) is 6.36. The maximum absolute atomic E-state index is 10.3. The number of nitrogens with two attached hydrogens (primary N) is 1. The van der Waals surface area contributed by atoms with Gasteiger partial charge in [-0.2, -0.15) is 8.42 Å². The summed E-state index contributed by atoms with van der Waals surface area (Å²) >= 11 is 0. The zero-order valence-electron chi connectivity index (χ0n) is 6.74. The third-order valence-electron chi connectivity index (χ3n) is 1.02. The van der Waals surface area contributed by atoms with Gasteiger partial charge in [0, 0.05) is 42.6 Å². The van der Waals surface area contributed by atoms with Crippen LogP contribution in [-0.2, 0) is 10.1 Å². The Morgan fingerprint density at radius 1 is 1.64 bits per heavy atom. The van der Waals surface area contributed by atoms with Crippen molar-refractivity contribution in [3.8, 4) is 0 Å². The van der Waals surface area contributed by atoms with E-state index in [1.54, 1.807) is 0 Å². The van der Waals surface area contributed by atoms with Crippen molar-refractivity contribution in [3.63, 3.8) is 0 Å². The first kappa shape index (κ1) is 14.4. The van der Waals surface area contributed by atoms with Crippen molar-refractivity contribution >= 4 is 39.7 Å². The molecule has 0 aliphatic carbocycles. The normalized spacial score (nSPS) is 13.7. The summed E-state index contributed by atoms with van der Waals surface area (Å²) in [5, 5.41) is 1.58. The summed E-state index contributed by atoms with van der Waals surface area (Å²) in [6, 6.07) is 0. The Labute approximate surface area is 88.8 Å². The van der Waals surface area contributed by atoms with E-state index in [2.05, 4.69) is 5.32 Å². The monoisotopic (exact) mass is 191 g/mol. The van der Waals surface area contributed by atoms with E-state index < -0.39 is 15.5 Å². The zero-order chi connectivity index (χ0) is 8.20. The molecular formula is C4H12N2NaO3S. The van der Waals surface area contributed by atoms with Crippen molar-refractivity contribution in [2.75, 3.05) is 13.1 Å². The minimum absolute atomic E-state index is 0. The largest absolute Gasteiger partial charge is 0.329 e. The Morgan fingerprint density at radius 3 is 2.36 bits per heavy atom. The molecule has 0 aromatic rings. The Morgan fingerprint density at radius 2 is 2.09 bits per heavy atom. The van der Waals surface area contributed by atoms with Gasteiger partial charge in [-0.3, -0.25) is 9.87 Å². The van der Waals surface area contributed by atoms with Gasteiger partial charge >= 0.3 is 0 Å². The Balaban J connectivity index is 0. The van der Waals surface area contributed by atoms with Gasteiger partial charge in [0.05, 0.1) is 0 Å². The van der Waals surface area contributed by atoms with Crippen LogP contribution in [0.1, 0.15) is 6.92 Å². The molecule has 5 nitrogen and oxygen atoms in total. The van der Waals surface area contributed by atoms with E-state index in [-0.39, 0.29) is 29.6 Å². The Kier molecular flexibility index (Phi) is 8.30. The number of rotatable bonds is 4. The molecule has 1 radical (unpaired) electrons.